The van der Waals surface area contributed by atoms with Crippen LogP contribution >= 0.6 is 11.8 Å². The lowest BCUT2D eigenvalue weighted by Gasteiger charge is -2.07. The van der Waals surface area contributed by atoms with Crippen molar-refractivity contribution in [3.05, 3.63) is 24.3 Å². The first kappa shape index (κ1) is 8.91. The molecule has 1 aliphatic heterocycles. The third-order valence-corrected chi connectivity index (χ3v) is 3.35. The highest BCUT2D eigenvalue weighted by atomic mass is 32.2. The van der Waals surface area contributed by atoms with Crippen LogP contribution in [0.3, 0.4) is 0 Å². The van der Waals surface area contributed by atoms with Gasteiger partial charge in [-0.25, -0.2) is 0 Å². The van der Waals surface area contributed by atoms with Crippen molar-refractivity contribution in [3.8, 4) is 5.75 Å². The Labute approximate surface area is 81.9 Å². The van der Waals surface area contributed by atoms with E-state index in [2.05, 4.69) is 0 Å². The monoisotopic (exact) mass is 196 g/mol. The molecular weight excluding hydrogens is 184 g/mol. The minimum atomic E-state index is 0.374. The molecule has 1 unspecified atom stereocenters. The molecule has 1 fully saturated rings. The zero-order valence-electron chi connectivity index (χ0n) is 7.27. The molecule has 0 bridgehead atoms. The maximum atomic E-state index is 9.51. The summed E-state index contributed by atoms with van der Waals surface area (Å²) in [6.45, 7) is 1.66. The Balaban J connectivity index is 2.04. The second-order valence-corrected chi connectivity index (χ2v) is 4.41. The van der Waals surface area contributed by atoms with E-state index in [0.29, 0.717) is 11.0 Å². The van der Waals surface area contributed by atoms with Crippen molar-refractivity contribution in [2.45, 2.75) is 16.6 Å². The molecule has 1 atom stereocenters. The number of hydrogen-bond acceptors (Lipinski definition) is 3. The Morgan fingerprint density at radius 2 is 2.23 bits per heavy atom. The molecule has 2 rings (SSSR count). The molecule has 0 radical (unpaired) electrons. The molecule has 1 N–H and O–H groups in total. The van der Waals surface area contributed by atoms with Crippen LogP contribution in [0.5, 0.6) is 5.75 Å². The highest BCUT2D eigenvalue weighted by molar-refractivity contribution is 8.00. The van der Waals surface area contributed by atoms with Gasteiger partial charge < -0.3 is 9.84 Å². The van der Waals surface area contributed by atoms with Crippen LogP contribution in [0, 0.1) is 0 Å². The quantitative estimate of drug-likeness (QED) is 0.786. The van der Waals surface area contributed by atoms with Crippen molar-refractivity contribution in [2.75, 3.05) is 13.2 Å². The van der Waals surface area contributed by atoms with Crippen LogP contribution in [-0.2, 0) is 4.74 Å². The number of aromatic hydroxyl groups is 1. The van der Waals surface area contributed by atoms with E-state index >= 15 is 0 Å². The lowest BCUT2D eigenvalue weighted by atomic mass is 10.3. The summed E-state index contributed by atoms with van der Waals surface area (Å²) in [6, 6.07) is 7.44. The second kappa shape index (κ2) is 4.03. The number of ether oxygens (including phenoxy) is 1. The van der Waals surface area contributed by atoms with Gasteiger partial charge in [-0.05, 0) is 18.6 Å². The van der Waals surface area contributed by atoms with Crippen LogP contribution in [0.2, 0.25) is 0 Å². The van der Waals surface area contributed by atoms with Gasteiger partial charge in [-0.2, -0.15) is 0 Å². The maximum Gasteiger partial charge on any atom is 0.129 e. The van der Waals surface area contributed by atoms with Gasteiger partial charge in [0.2, 0.25) is 0 Å². The smallest absolute Gasteiger partial charge is 0.129 e. The predicted octanol–water partition coefficient (Wildman–Crippen LogP) is 2.27. The zero-order valence-corrected chi connectivity index (χ0v) is 8.09. The predicted molar refractivity (Wildman–Crippen MR) is 53.2 cm³/mol. The Morgan fingerprint density at radius 3 is 2.92 bits per heavy atom. The average Bonchev–Trinajstić information content (AvgIpc) is 2.61. The number of phenols is 1. The highest BCUT2D eigenvalue weighted by Gasteiger charge is 2.17. The summed E-state index contributed by atoms with van der Waals surface area (Å²) < 4.78 is 5.27. The Bertz CT molecular complexity index is 282. The van der Waals surface area contributed by atoms with Crippen molar-refractivity contribution < 1.29 is 9.84 Å². The molecule has 1 saturated heterocycles. The molecule has 2 nitrogen and oxygen atoms in total. The first-order valence-corrected chi connectivity index (χ1v) is 5.26. The molecule has 70 valence electrons. The van der Waals surface area contributed by atoms with Gasteiger partial charge >= 0.3 is 0 Å². The standard InChI is InChI=1S/C10H12O2S/c11-9-3-1-2-4-10(9)13-8-5-6-12-7-8/h1-4,8,11H,5-7H2. The van der Waals surface area contributed by atoms with Crippen molar-refractivity contribution >= 4 is 11.8 Å². The van der Waals surface area contributed by atoms with E-state index in [1.807, 2.05) is 18.2 Å². The minimum Gasteiger partial charge on any atom is -0.507 e. The molecule has 0 aromatic heterocycles. The summed E-state index contributed by atoms with van der Waals surface area (Å²) in [7, 11) is 0. The average molecular weight is 196 g/mol. The van der Waals surface area contributed by atoms with Crippen molar-refractivity contribution in [1.29, 1.82) is 0 Å². The largest absolute Gasteiger partial charge is 0.507 e. The van der Waals surface area contributed by atoms with Gasteiger partial charge in [-0.1, -0.05) is 12.1 Å². The van der Waals surface area contributed by atoms with Gasteiger partial charge in [0.15, 0.2) is 0 Å². The lowest BCUT2D eigenvalue weighted by molar-refractivity contribution is 0.199. The first-order valence-electron chi connectivity index (χ1n) is 4.38. The summed E-state index contributed by atoms with van der Waals surface area (Å²) in [6.07, 6.45) is 1.08. The molecule has 1 aromatic carbocycles. The fraction of sp³-hybridized carbons (Fsp3) is 0.400. The Kier molecular flexibility index (Phi) is 2.76. The van der Waals surface area contributed by atoms with Crippen LogP contribution in [0.1, 0.15) is 6.42 Å². The van der Waals surface area contributed by atoms with Gasteiger partial charge in [-0.3, -0.25) is 0 Å². The molecule has 1 aromatic rings. The van der Waals surface area contributed by atoms with Crippen LogP contribution in [0.15, 0.2) is 29.2 Å². The van der Waals surface area contributed by atoms with Crippen LogP contribution in [0.4, 0.5) is 0 Å². The molecule has 0 aliphatic carbocycles. The van der Waals surface area contributed by atoms with Crippen LogP contribution < -0.4 is 0 Å². The van der Waals surface area contributed by atoms with E-state index < -0.39 is 0 Å². The van der Waals surface area contributed by atoms with Gasteiger partial charge in [0, 0.05) is 16.8 Å². The molecule has 1 aliphatic rings. The van der Waals surface area contributed by atoms with E-state index in [4.69, 9.17) is 4.74 Å². The fourth-order valence-electron chi connectivity index (χ4n) is 1.34. The SMILES string of the molecule is Oc1ccccc1SC1CCOC1. The van der Waals surface area contributed by atoms with E-state index in [9.17, 15) is 5.11 Å². The molecular formula is C10H12O2S. The topological polar surface area (TPSA) is 29.5 Å². The summed E-state index contributed by atoms with van der Waals surface area (Å²) >= 11 is 1.70. The molecule has 0 saturated carbocycles. The highest BCUT2D eigenvalue weighted by Crippen LogP contribution is 2.34. The van der Waals surface area contributed by atoms with Gasteiger partial charge in [0.1, 0.15) is 5.75 Å². The van der Waals surface area contributed by atoms with Crippen LogP contribution in [-0.4, -0.2) is 23.6 Å². The summed E-state index contributed by atoms with van der Waals surface area (Å²) in [5, 5.41) is 10.0. The maximum absolute atomic E-state index is 9.51. The number of benzene rings is 1. The Morgan fingerprint density at radius 1 is 1.38 bits per heavy atom. The zero-order chi connectivity index (χ0) is 9.10. The number of para-hydroxylation sites is 1. The van der Waals surface area contributed by atoms with Crippen LogP contribution in [0.25, 0.3) is 0 Å². The van der Waals surface area contributed by atoms with E-state index in [0.717, 1.165) is 24.5 Å². The van der Waals surface area contributed by atoms with E-state index in [1.54, 1.807) is 17.8 Å². The second-order valence-electron chi connectivity index (χ2n) is 3.07. The van der Waals surface area contributed by atoms with E-state index in [1.165, 1.54) is 0 Å². The molecule has 0 amide bonds. The fourth-order valence-corrected chi connectivity index (χ4v) is 2.43. The Hall–Kier alpha value is -0.670. The summed E-state index contributed by atoms with van der Waals surface area (Å²) in [5.41, 5.74) is 0. The summed E-state index contributed by atoms with van der Waals surface area (Å²) in [5.74, 6) is 0.374. The van der Waals surface area contributed by atoms with Gasteiger partial charge in [0.25, 0.3) is 0 Å². The number of thioether (sulfide) groups is 1. The van der Waals surface area contributed by atoms with Gasteiger partial charge in [0.05, 0.1) is 6.61 Å². The molecule has 3 heteroatoms. The molecule has 0 spiro atoms. The van der Waals surface area contributed by atoms with Crippen molar-refractivity contribution in [3.63, 3.8) is 0 Å². The van der Waals surface area contributed by atoms with Crippen molar-refractivity contribution in [2.24, 2.45) is 0 Å². The van der Waals surface area contributed by atoms with Crippen molar-refractivity contribution in [1.82, 2.24) is 0 Å². The first-order chi connectivity index (χ1) is 6.36. The number of hydrogen-bond donors (Lipinski definition) is 1. The van der Waals surface area contributed by atoms with Gasteiger partial charge in [-0.15, -0.1) is 11.8 Å². The van der Waals surface area contributed by atoms with E-state index in [-0.39, 0.29) is 0 Å². The third kappa shape index (κ3) is 2.17. The number of phenolic OH excluding ortho intramolecular Hbond substituents is 1. The third-order valence-electron chi connectivity index (χ3n) is 2.05. The summed E-state index contributed by atoms with van der Waals surface area (Å²) in [4.78, 5) is 0.956. The normalized spacial score (nSPS) is 22.0. The number of rotatable bonds is 2. The molecule has 1 heterocycles. The molecule has 13 heavy (non-hydrogen) atoms. The lowest BCUT2D eigenvalue weighted by Crippen LogP contribution is -1.99. The minimum absolute atomic E-state index is 0.374.